The Morgan fingerprint density at radius 1 is 1.21 bits per heavy atom. The van der Waals surface area contributed by atoms with E-state index in [9.17, 15) is 28.1 Å². The zero-order valence-corrected chi connectivity index (χ0v) is 16.9. The molecule has 4 rings (SSSR count). The van der Waals surface area contributed by atoms with Gasteiger partial charge in [0.25, 0.3) is 0 Å². The summed E-state index contributed by atoms with van der Waals surface area (Å²) in [6, 6.07) is 8.49. The number of carbonyl (C=O) groups is 1. The van der Waals surface area contributed by atoms with Crippen LogP contribution in [0.5, 0.6) is 6.01 Å². The lowest BCUT2D eigenvalue weighted by Gasteiger charge is -2.23. The third-order valence-corrected chi connectivity index (χ3v) is 4.87. The van der Waals surface area contributed by atoms with Gasteiger partial charge in [0.15, 0.2) is 0 Å². The number of rotatable bonds is 5. The summed E-state index contributed by atoms with van der Waals surface area (Å²) in [7, 11) is 0. The van der Waals surface area contributed by atoms with Crippen LogP contribution in [0.1, 0.15) is 11.3 Å². The monoisotopic (exact) mass is 462 g/mol. The van der Waals surface area contributed by atoms with Crippen molar-refractivity contribution in [2.75, 3.05) is 6.61 Å². The van der Waals surface area contributed by atoms with E-state index in [0.29, 0.717) is 11.1 Å². The lowest BCUT2D eigenvalue weighted by molar-refractivity contribution is -0.389. The van der Waals surface area contributed by atoms with Crippen LogP contribution in [0.15, 0.2) is 48.8 Å². The average Bonchev–Trinajstić information content (AvgIpc) is 3.21. The molecule has 10 nitrogen and oxygen atoms in total. The van der Waals surface area contributed by atoms with Crippen LogP contribution in [0.3, 0.4) is 0 Å². The van der Waals surface area contributed by atoms with E-state index in [2.05, 4.69) is 20.6 Å². The average molecular weight is 462 g/mol. The maximum Gasteiger partial charge on any atom is 0.433 e. The van der Waals surface area contributed by atoms with E-state index in [1.54, 1.807) is 24.3 Å². The predicted molar refractivity (Wildman–Crippen MR) is 108 cm³/mol. The summed E-state index contributed by atoms with van der Waals surface area (Å²) in [6.07, 6.45) is -2.08. The molecule has 2 N–H and O–H groups in total. The minimum Gasteiger partial charge on any atom is -0.444 e. The summed E-state index contributed by atoms with van der Waals surface area (Å²) in [5, 5.41) is 16.2. The molecule has 2 aromatic heterocycles. The number of amides is 2. The molecule has 2 amide bonds. The van der Waals surface area contributed by atoms with Crippen molar-refractivity contribution in [2.24, 2.45) is 0 Å². The van der Waals surface area contributed by atoms with Crippen LogP contribution in [0.25, 0.3) is 11.1 Å². The Labute approximate surface area is 184 Å². The van der Waals surface area contributed by atoms with Crippen LogP contribution in [0, 0.1) is 10.1 Å². The maximum atomic E-state index is 12.6. The molecule has 3 aromatic rings. The number of hydrogen-bond donors (Lipinski definition) is 2. The molecular formula is C20H17F3N6O4. The van der Waals surface area contributed by atoms with Crippen LogP contribution in [0.2, 0.25) is 0 Å². The van der Waals surface area contributed by atoms with Gasteiger partial charge in [0, 0.05) is 23.3 Å². The van der Waals surface area contributed by atoms with Crippen molar-refractivity contribution in [3.63, 3.8) is 0 Å². The lowest BCUT2D eigenvalue weighted by atomic mass is 10.1. The summed E-state index contributed by atoms with van der Waals surface area (Å²) in [4.78, 5) is 29.6. The number of nitrogens with zero attached hydrogens (tertiary/aromatic N) is 4. The first kappa shape index (κ1) is 22.0. The second-order valence-electron chi connectivity index (χ2n) is 7.25. The van der Waals surface area contributed by atoms with Gasteiger partial charge in [-0.05, 0) is 22.1 Å². The number of hydrogen-bond acceptors (Lipinski definition) is 6. The van der Waals surface area contributed by atoms with Crippen LogP contribution < -0.4 is 15.4 Å². The van der Waals surface area contributed by atoms with Crippen molar-refractivity contribution in [1.29, 1.82) is 0 Å². The Bertz CT molecular complexity index is 1160. The SMILES string of the molecule is O=C(NCc1ccc(-c2ccc(C(F)(F)F)nc2)cc1)N[C@@H]1COc2nc([N+](=O)[O-])cn2C1. The van der Waals surface area contributed by atoms with E-state index in [1.165, 1.54) is 16.8 Å². The quantitative estimate of drug-likeness (QED) is 0.444. The number of carbonyl (C=O) groups excluding carboxylic acids is 1. The Morgan fingerprint density at radius 3 is 2.58 bits per heavy atom. The molecule has 13 heteroatoms. The molecule has 1 atom stereocenters. The van der Waals surface area contributed by atoms with Gasteiger partial charge < -0.3 is 25.5 Å². The molecule has 0 aliphatic carbocycles. The van der Waals surface area contributed by atoms with E-state index in [1.807, 2.05) is 0 Å². The molecule has 3 heterocycles. The molecule has 0 unspecified atom stereocenters. The van der Waals surface area contributed by atoms with E-state index >= 15 is 0 Å². The van der Waals surface area contributed by atoms with Crippen molar-refractivity contribution in [3.8, 4) is 17.1 Å². The van der Waals surface area contributed by atoms with Gasteiger partial charge in [0.1, 0.15) is 18.5 Å². The Hall–Kier alpha value is -4.16. The number of benzene rings is 1. The number of nitro groups is 1. The molecule has 33 heavy (non-hydrogen) atoms. The smallest absolute Gasteiger partial charge is 0.433 e. The Kier molecular flexibility index (Phi) is 5.85. The molecule has 1 aromatic carbocycles. The summed E-state index contributed by atoms with van der Waals surface area (Å²) < 4.78 is 44.7. The largest absolute Gasteiger partial charge is 0.444 e. The normalized spacial score (nSPS) is 15.3. The van der Waals surface area contributed by atoms with Gasteiger partial charge in [0.2, 0.25) is 0 Å². The number of aromatic nitrogens is 3. The van der Waals surface area contributed by atoms with Gasteiger partial charge in [0.05, 0.1) is 12.6 Å². The van der Waals surface area contributed by atoms with Gasteiger partial charge >= 0.3 is 24.0 Å². The van der Waals surface area contributed by atoms with Crippen LogP contribution in [-0.4, -0.2) is 38.1 Å². The topological polar surface area (TPSA) is 124 Å². The first-order valence-electron chi connectivity index (χ1n) is 9.70. The fourth-order valence-electron chi connectivity index (χ4n) is 3.24. The number of nitrogens with one attached hydrogen (secondary N) is 2. The maximum absolute atomic E-state index is 12.6. The van der Waals surface area contributed by atoms with Gasteiger partial charge in [-0.25, -0.2) is 4.79 Å². The number of alkyl halides is 3. The van der Waals surface area contributed by atoms with Gasteiger partial charge in [-0.2, -0.15) is 13.2 Å². The zero-order valence-electron chi connectivity index (χ0n) is 16.9. The molecule has 0 fully saturated rings. The van der Waals surface area contributed by atoms with Crippen molar-refractivity contribution in [2.45, 2.75) is 25.3 Å². The highest BCUT2D eigenvalue weighted by Gasteiger charge is 2.32. The van der Waals surface area contributed by atoms with Crippen molar-refractivity contribution < 1.29 is 27.6 Å². The molecule has 0 saturated heterocycles. The van der Waals surface area contributed by atoms with Crippen LogP contribution >= 0.6 is 0 Å². The van der Waals surface area contributed by atoms with Gasteiger partial charge in [-0.1, -0.05) is 30.3 Å². The van der Waals surface area contributed by atoms with Gasteiger partial charge in [-0.3, -0.25) is 9.55 Å². The highest BCUT2D eigenvalue weighted by atomic mass is 19.4. The zero-order chi connectivity index (χ0) is 23.6. The third-order valence-electron chi connectivity index (χ3n) is 4.87. The number of imidazole rings is 1. The highest BCUT2D eigenvalue weighted by Crippen LogP contribution is 2.29. The molecule has 0 spiro atoms. The fraction of sp³-hybridized carbons (Fsp3) is 0.250. The van der Waals surface area contributed by atoms with Crippen molar-refractivity contribution >= 4 is 11.8 Å². The minimum absolute atomic E-state index is 0.122. The lowest BCUT2D eigenvalue weighted by Crippen LogP contribution is -2.48. The summed E-state index contributed by atoms with van der Waals surface area (Å²) in [5.74, 6) is -0.328. The van der Waals surface area contributed by atoms with Crippen LogP contribution in [-0.2, 0) is 19.3 Å². The number of halogens is 3. The number of pyridine rings is 1. The number of fused-ring (bicyclic) bond motifs is 1. The number of urea groups is 1. The van der Waals surface area contributed by atoms with Crippen LogP contribution in [0.4, 0.5) is 23.8 Å². The first-order chi connectivity index (χ1) is 15.7. The van der Waals surface area contributed by atoms with E-state index in [-0.39, 0.29) is 31.5 Å². The number of ether oxygens (including phenoxy) is 1. The standard InChI is InChI=1S/C20H17F3N6O4/c21-20(22,23)16-6-5-14(8-24-16)13-3-1-12(2-4-13)7-25-18(30)26-15-9-28-10-17(29(31)32)27-19(28)33-11-15/h1-6,8,10,15H,7,9,11H2,(H2,25,26,30)/t15-/m0/s1. The Balaban J connectivity index is 1.28. The first-order valence-corrected chi connectivity index (χ1v) is 9.70. The van der Waals surface area contributed by atoms with E-state index in [0.717, 1.165) is 17.8 Å². The second-order valence-corrected chi connectivity index (χ2v) is 7.25. The highest BCUT2D eigenvalue weighted by molar-refractivity contribution is 5.74. The molecule has 0 radical (unpaired) electrons. The van der Waals surface area contributed by atoms with E-state index < -0.39 is 28.9 Å². The van der Waals surface area contributed by atoms with Crippen molar-refractivity contribution in [1.82, 2.24) is 25.2 Å². The summed E-state index contributed by atoms with van der Waals surface area (Å²) >= 11 is 0. The molecule has 172 valence electrons. The summed E-state index contributed by atoms with van der Waals surface area (Å²) in [6.45, 7) is 0.615. The summed E-state index contributed by atoms with van der Waals surface area (Å²) in [5.41, 5.74) is 1.05. The van der Waals surface area contributed by atoms with Crippen molar-refractivity contribution in [3.05, 3.63) is 70.2 Å². The molecule has 1 aliphatic rings. The predicted octanol–water partition coefficient (Wildman–Crippen LogP) is 3.13. The van der Waals surface area contributed by atoms with E-state index in [4.69, 9.17) is 4.74 Å². The van der Waals surface area contributed by atoms with Gasteiger partial charge in [-0.15, -0.1) is 0 Å². The Morgan fingerprint density at radius 2 is 1.94 bits per heavy atom. The molecular weight excluding hydrogens is 445 g/mol. The molecule has 0 saturated carbocycles. The minimum atomic E-state index is -4.49. The fourth-order valence-corrected chi connectivity index (χ4v) is 3.24. The molecule has 1 aliphatic heterocycles. The third kappa shape index (κ3) is 5.19. The molecule has 0 bridgehead atoms. The second kappa shape index (κ2) is 8.76.